The van der Waals surface area contributed by atoms with E-state index < -0.39 is 38.0 Å². The van der Waals surface area contributed by atoms with E-state index in [9.17, 15) is 22.0 Å². The van der Waals surface area contributed by atoms with Crippen LogP contribution in [0.15, 0.2) is 17.0 Å². The highest BCUT2D eigenvalue weighted by atomic mass is 32.2. The van der Waals surface area contributed by atoms with Crippen molar-refractivity contribution in [2.24, 2.45) is 17.0 Å². The van der Waals surface area contributed by atoms with E-state index in [0.717, 1.165) is 12.8 Å². The van der Waals surface area contributed by atoms with Crippen molar-refractivity contribution in [1.82, 2.24) is 5.32 Å². The number of hydrogen-bond donors (Lipinski definition) is 2. The zero-order chi connectivity index (χ0) is 15.8. The first-order chi connectivity index (χ1) is 9.70. The number of nitrogens with one attached hydrogen (secondary N) is 1. The molecule has 8 heteroatoms. The normalized spacial score (nSPS) is 16.6. The van der Waals surface area contributed by atoms with E-state index in [1.165, 1.54) is 0 Å². The number of primary sulfonamides is 1. The lowest BCUT2D eigenvalue weighted by Crippen LogP contribution is -2.30. The molecule has 1 atom stereocenters. The van der Waals surface area contributed by atoms with E-state index in [0.29, 0.717) is 24.6 Å². The first-order valence-corrected chi connectivity index (χ1v) is 8.05. The van der Waals surface area contributed by atoms with Gasteiger partial charge in [-0.05, 0) is 36.8 Å². The monoisotopic (exact) mass is 318 g/mol. The third kappa shape index (κ3) is 3.76. The summed E-state index contributed by atoms with van der Waals surface area (Å²) in [4.78, 5) is 10.9. The Bertz CT molecular complexity index is 672. The summed E-state index contributed by atoms with van der Waals surface area (Å²) in [6.07, 6.45) is 2.20. The number of carbonyl (C=O) groups is 1. The molecule has 0 bridgehead atoms. The molecule has 3 N–H and O–H groups in total. The van der Waals surface area contributed by atoms with Gasteiger partial charge >= 0.3 is 0 Å². The number of hydrogen-bond acceptors (Lipinski definition) is 3. The molecule has 0 heterocycles. The molecule has 0 radical (unpaired) electrons. The number of sulfonamides is 1. The number of rotatable bonds is 5. The van der Waals surface area contributed by atoms with Gasteiger partial charge < -0.3 is 5.32 Å². The Morgan fingerprint density at radius 3 is 2.57 bits per heavy atom. The van der Waals surface area contributed by atoms with E-state index in [4.69, 9.17) is 5.14 Å². The van der Waals surface area contributed by atoms with E-state index >= 15 is 0 Å². The number of halogens is 2. The number of nitrogens with two attached hydrogens (primary N) is 1. The molecule has 1 aromatic rings. The third-order valence-corrected chi connectivity index (χ3v) is 4.48. The minimum absolute atomic E-state index is 0.239. The summed E-state index contributed by atoms with van der Waals surface area (Å²) in [5.74, 6) is -2.45. The van der Waals surface area contributed by atoms with Crippen LogP contribution in [0.3, 0.4) is 0 Å². The maximum absolute atomic E-state index is 14.0. The second kappa shape index (κ2) is 5.69. The average molecular weight is 318 g/mol. The molecule has 1 fully saturated rings. The molecule has 2 rings (SSSR count). The van der Waals surface area contributed by atoms with Crippen molar-refractivity contribution in [2.75, 3.05) is 6.54 Å². The van der Waals surface area contributed by atoms with E-state index in [2.05, 4.69) is 5.32 Å². The van der Waals surface area contributed by atoms with Crippen LogP contribution in [0.2, 0.25) is 0 Å². The Morgan fingerprint density at radius 1 is 1.43 bits per heavy atom. The van der Waals surface area contributed by atoms with Crippen molar-refractivity contribution in [3.05, 3.63) is 29.3 Å². The molecule has 1 saturated carbocycles. The largest absolute Gasteiger partial charge is 0.352 e. The molecule has 1 aliphatic rings. The van der Waals surface area contributed by atoms with Crippen molar-refractivity contribution in [2.45, 2.75) is 24.7 Å². The van der Waals surface area contributed by atoms with Crippen molar-refractivity contribution in [1.29, 1.82) is 0 Å². The summed E-state index contributed by atoms with van der Waals surface area (Å²) in [5.41, 5.74) is -0.665. The van der Waals surface area contributed by atoms with Gasteiger partial charge in [0.25, 0.3) is 5.91 Å². The van der Waals surface area contributed by atoms with Crippen LogP contribution in [-0.2, 0) is 10.0 Å². The fourth-order valence-electron chi connectivity index (χ4n) is 2.12. The second-order valence-corrected chi connectivity index (χ2v) is 6.87. The molecule has 1 unspecified atom stereocenters. The van der Waals surface area contributed by atoms with Crippen LogP contribution in [0.25, 0.3) is 0 Å². The SMILES string of the molecule is CC(CNC(=O)c1cc(F)cc(S(N)(=O)=O)c1F)C1CC1. The van der Waals surface area contributed by atoms with E-state index in [-0.39, 0.29) is 5.92 Å². The lowest BCUT2D eigenvalue weighted by molar-refractivity contribution is 0.0941. The van der Waals surface area contributed by atoms with Gasteiger partial charge in [-0.2, -0.15) is 0 Å². The number of benzene rings is 1. The fraction of sp³-hybridized carbons (Fsp3) is 0.462. The van der Waals surface area contributed by atoms with Gasteiger partial charge in [0.2, 0.25) is 10.0 Å². The van der Waals surface area contributed by atoms with E-state index in [1.54, 1.807) is 0 Å². The Labute approximate surface area is 121 Å². The molecule has 21 heavy (non-hydrogen) atoms. The van der Waals surface area contributed by atoms with Crippen molar-refractivity contribution in [3.63, 3.8) is 0 Å². The summed E-state index contributed by atoms with van der Waals surface area (Å²) in [6.45, 7) is 2.28. The Hall–Kier alpha value is -1.54. The molecule has 1 amide bonds. The molecule has 116 valence electrons. The standard InChI is InChI=1S/C13H16F2N2O3S/c1-7(8-2-3-8)6-17-13(18)10-4-9(14)5-11(12(10)15)21(16,19)20/h4-5,7-8H,2-3,6H2,1H3,(H,17,18)(H2,16,19,20). The average Bonchev–Trinajstić information content (AvgIpc) is 3.20. The molecule has 1 aromatic carbocycles. The van der Waals surface area contributed by atoms with Crippen LogP contribution in [0.1, 0.15) is 30.1 Å². The molecule has 0 spiro atoms. The van der Waals surface area contributed by atoms with E-state index in [1.807, 2.05) is 6.92 Å². The quantitative estimate of drug-likeness (QED) is 0.859. The molecular formula is C13H16F2N2O3S. The third-order valence-electron chi connectivity index (χ3n) is 3.57. The Morgan fingerprint density at radius 2 is 2.05 bits per heavy atom. The maximum atomic E-state index is 14.0. The zero-order valence-electron chi connectivity index (χ0n) is 11.4. The molecule has 0 aliphatic heterocycles. The van der Waals surface area contributed by atoms with Crippen LogP contribution < -0.4 is 10.5 Å². The van der Waals surface area contributed by atoms with Crippen LogP contribution in [-0.4, -0.2) is 20.9 Å². The molecule has 0 saturated heterocycles. The predicted octanol–water partition coefficient (Wildman–Crippen LogP) is 1.39. The fourth-order valence-corrected chi connectivity index (χ4v) is 2.75. The van der Waals surface area contributed by atoms with Crippen LogP contribution in [0, 0.1) is 23.5 Å². The lowest BCUT2D eigenvalue weighted by atomic mass is 10.1. The summed E-state index contributed by atoms with van der Waals surface area (Å²) >= 11 is 0. The Kier molecular flexibility index (Phi) is 4.29. The van der Waals surface area contributed by atoms with Gasteiger partial charge in [0.1, 0.15) is 10.7 Å². The first kappa shape index (κ1) is 15.8. The topological polar surface area (TPSA) is 89.3 Å². The van der Waals surface area contributed by atoms with Crippen LogP contribution in [0.5, 0.6) is 0 Å². The summed E-state index contributed by atoms with van der Waals surface area (Å²) in [5, 5.41) is 7.29. The first-order valence-electron chi connectivity index (χ1n) is 6.50. The lowest BCUT2D eigenvalue weighted by Gasteiger charge is -2.12. The predicted molar refractivity (Wildman–Crippen MR) is 72.0 cm³/mol. The highest BCUT2D eigenvalue weighted by Gasteiger charge is 2.29. The molecule has 1 aliphatic carbocycles. The van der Waals surface area contributed by atoms with Crippen LogP contribution in [0.4, 0.5) is 8.78 Å². The number of carbonyl (C=O) groups excluding carboxylic acids is 1. The van der Waals surface area contributed by atoms with Gasteiger partial charge in [-0.15, -0.1) is 0 Å². The zero-order valence-corrected chi connectivity index (χ0v) is 12.2. The van der Waals surface area contributed by atoms with Gasteiger partial charge in [-0.1, -0.05) is 6.92 Å². The van der Waals surface area contributed by atoms with Crippen LogP contribution >= 0.6 is 0 Å². The summed E-state index contributed by atoms with van der Waals surface area (Å²) < 4.78 is 49.7. The molecular weight excluding hydrogens is 302 g/mol. The Balaban J connectivity index is 2.22. The number of amides is 1. The van der Waals surface area contributed by atoms with Crippen molar-refractivity contribution >= 4 is 15.9 Å². The summed E-state index contributed by atoms with van der Waals surface area (Å²) in [7, 11) is -4.44. The van der Waals surface area contributed by atoms with Gasteiger partial charge in [0.05, 0.1) is 5.56 Å². The molecule has 5 nitrogen and oxygen atoms in total. The second-order valence-electron chi connectivity index (χ2n) is 5.34. The van der Waals surface area contributed by atoms with Gasteiger partial charge in [-0.3, -0.25) is 4.79 Å². The smallest absolute Gasteiger partial charge is 0.254 e. The van der Waals surface area contributed by atoms with Gasteiger partial charge in [0.15, 0.2) is 5.82 Å². The highest BCUT2D eigenvalue weighted by molar-refractivity contribution is 7.89. The summed E-state index contributed by atoms with van der Waals surface area (Å²) in [6, 6.07) is 1.11. The van der Waals surface area contributed by atoms with Crippen molar-refractivity contribution in [3.8, 4) is 0 Å². The molecule has 0 aromatic heterocycles. The highest BCUT2D eigenvalue weighted by Crippen LogP contribution is 2.36. The van der Waals surface area contributed by atoms with Gasteiger partial charge in [0, 0.05) is 6.54 Å². The minimum atomic E-state index is -4.44. The minimum Gasteiger partial charge on any atom is -0.352 e. The van der Waals surface area contributed by atoms with Gasteiger partial charge in [-0.25, -0.2) is 22.3 Å². The maximum Gasteiger partial charge on any atom is 0.254 e. The van der Waals surface area contributed by atoms with Crippen molar-refractivity contribution < 1.29 is 22.0 Å².